The lowest BCUT2D eigenvalue weighted by Gasteiger charge is -2.27. The van der Waals surface area contributed by atoms with Gasteiger partial charge in [-0.05, 0) is 67.3 Å². The first-order valence-electron chi connectivity index (χ1n) is 9.84. The monoisotopic (exact) mass is 382 g/mol. The highest BCUT2D eigenvalue weighted by molar-refractivity contribution is 5.64. The maximum Gasteiger partial charge on any atom is 0.391 e. The van der Waals surface area contributed by atoms with E-state index in [2.05, 4.69) is 42.7 Å². The second kappa shape index (κ2) is 9.15. The summed E-state index contributed by atoms with van der Waals surface area (Å²) in [5, 5.41) is 0. The smallest absolute Gasteiger partial charge is 0.171 e. The van der Waals surface area contributed by atoms with E-state index in [-0.39, 0.29) is 18.8 Å². The van der Waals surface area contributed by atoms with Crippen LogP contribution in [0.3, 0.4) is 0 Å². The molecule has 0 amide bonds. The Morgan fingerprint density at radius 1 is 0.893 bits per heavy atom. The van der Waals surface area contributed by atoms with Gasteiger partial charge in [0.2, 0.25) is 0 Å². The van der Waals surface area contributed by atoms with Gasteiger partial charge in [0.05, 0.1) is 5.92 Å². The third-order valence-corrected chi connectivity index (χ3v) is 5.42. The van der Waals surface area contributed by atoms with E-state index in [1.807, 2.05) is 30.3 Å². The maximum atomic E-state index is 12.7. The van der Waals surface area contributed by atoms with E-state index in [1.54, 1.807) is 0 Å². The summed E-state index contributed by atoms with van der Waals surface area (Å²) >= 11 is 0. The largest absolute Gasteiger partial charge is 0.391 e. The van der Waals surface area contributed by atoms with Gasteiger partial charge in [0.25, 0.3) is 0 Å². The van der Waals surface area contributed by atoms with Gasteiger partial charge in [0.15, 0.2) is 0 Å². The van der Waals surface area contributed by atoms with Crippen LogP contribution in [0.25, 0.3) is 11.1 Å². The van der Waals surface area contributed by atoms with Gasteiger partial charge in [-0.3, -0.25) is 0 Å². The summed E-state index contributed by atoms with van der Waals surface area (Å²) < 4.78 is 38.2. The Labute approximate surface area is 165 Å². The minimum Gasteiger partial charge on any atom is -0.171 e. The van der Waals surface area contributed by atoms with Crippen molar-refractivity contribution in [2.45, 2.75) is 44.7 Å². The molecule has 0 nitrogen and oxygen atoms in total. The zero-order valence-electron chi connectivity index (χ0n) is 15.9. The summed E-state index contributed by atoms with van der Waals surface area (Å²) in [7, 11) is 0. The summed E-state index contributed by atoms with van der Waals surface area (Å²) in [5.41, 5.74) is 4.49. The van der Waals surface area contributed by atoms with Crippen molar-refractivity contribution in [3.63, 3.8) is 0 Å². The predicted molar refractivity (Wildman–Crippen MR) is 109 cm³/mol. The summed E-state index contributed by atoms with van der Waals surface area (Å²) in [6.45, 7) is 3.75. The lowest BCUT2D eigenvalue weighted by Crippen LogP contribution is -2.27. The Morgan fingerprint density at radius 2 is 1.46 bits per heavy atom. The van der Waals surface area contributed by atoms with Gasteiger partial charge in [-0.1, -0.05) is 54.3 Å². The predicted octanol–water partition coefficient (Wildman–Crippen LogP) is 7.19. The van der Waals surface area contributed by atoms with Gasteiger partial charge in [-0.25, -0.2) is 0 Å². The molecule has 0 heterocycles. The number of hydrogen-bond donors (Lipinski definition) is 0. The molecule has 2 aromatic carbocycles. The number of aryl methyl sites for hydroxylation is 1. The quantitative estimate of drug-likeness (QED) is 0.388. The topological polar surface area (TPSA) is 0 Å². The number of alkyl halides is 3. The molecule has 0 bridgehead atoms. The number of benzene rings is 2. The molecule has 146 valence electrons. The molecule has 0 atom stereocenters. The van der Waals surface area contributed by atoms with Crippen LogP contribution in [0.4, 0.5) is 13.2 Å². The van der Waals surface area contributed by atoms with E-state index < -0.39 is 12.1 Å². The lowest BCUT2D eigenvalue weighted by atomic mass is 9.82. The van der Waals surface area contributed by atoms with Gasteiger partial charge in [0.1, 0.15) is 0 Å². The molecule has 2 aromatic rings. The highest BCUT2D eigenvalue weighted by Crippen LogP contribution is 2.39. The van der Waals surface area contributed by atoms with E-state index >= 15 is 0 Å². The SMILES string of the molecule is C=CCCc1ccc(-c2ccc(C#CC3CCC(C(F)(F)F)CC3)cc2)cc1. The lowest BCUT2D eigenvalue weighted by molar-refractivity contribution is -0.182. The van der Waals surface area contributed by atoms with Crippen molar-refractivity contribution in [3.05, 3.63) is 72.3 Å². The number of halogens is 3. The summed E-state index contributed by atoms with van der Waals surface area (Å²) in [6.07, 6.45) is 1.32. The molecule has 1 aliphatic carbocycles. The maximum absolute atomic E-state index is 12.7. The van der Waals surface area contributed by atoms with Crippen molar-refractivity contribution >= 4 is 0 Å². The van der Waals surface area contributed by atoms with Crippen LogP contribution in [0.1, 0.15) is 43.2 Å². The Kier molecular flexibility index (Phi) is 6.62. The molecule has 0 unspecified atom stereocenters. The van der Waals surface area contributed by atoms with Crippen LogP contribution in [0.15, 0.2) is 61.2 Å². The Balaban J connectivity index is 1.58. The van der Waals surface area contributed by atoms with Crippen LogP contribution in [-0.2, 0) is 6.42 Å². The third-order valence-electron chi connectivity index (χ3n) is 5.42. The minimum absolute atomic E-state index is 0.0707. The van der Waals surface area contributed by atoms with Crippen molar-refractivity contribution in [3.8, 4) is 23.0 Å². The molecule has 0 aromatic heterocycles. The number of allylic oxidation sites excluding steroid dienone is 1. The molecule has 0 saturated heterocycles. The zero-order chi connectivity index (χ0) is 20.0. The molecule has 0 spiro atoms. The van der Waals surface area contributed by atoms with Gasteiger partial charge < -0.3 is 0 Å². The van der Waals surface area contributed by atoms with Crippen LogP contribution in [0.5, 0.6) is 0 Å². The van der Waals surface area contributed by atoms with Crippen molar-refractivity contribution in [2.24, 2.45) is 11.8 Å². The number of rotatable bonds is 4. The minimum atomic E-state index is -4.06. The normalized spacial score (nSPS) is 19.5. The van der Waals surface area contributed by atoms with E-state index in [4.69, 9.17) is 0 Å². The first-order chi connectivity index (χ1) is 13.5. The average Bonchev–Trinajstić information content (AvgIpc) is 2.71. The van der Waals surface area contributed by atoms with Gasteiger partial charge in [-0.2, -0.15) is 13.2 Å². The van der Waals surface area contributed by atoms with Crippen molar-refractivity contribution < 1.29 is 13.2 Å². The molecule has 0 N–H and O–H groups in total. The third kappa shape index (κ3) is 5.52. The van der Waals surface area contributed by atoms with Gasteiger partial charge in [-0.15, -0.1) is 6.58 Å². The molecule has 1 fully saturated rings. The Morgan fingerprint density at radius 3 is 2.00 bits per heavy atom. The molecule has 1 aliphatic rings. The standard InChI is InChI=1S/C25H25F3/c1-2-3-4-19-7-13-22(14-8-19)23-15-9-20(10-16-23)5-6-21-11-17-24(18-12-21)25(26,27)28/h2,7-10,13-16,21,24H,1,3-4,11-12,17-18H2. The molecular formula is C25H25F3. The summed E-state index contributed by atoms with van der Waals surface area (Å²) in [5.74, 6) is 5.23. The molecule has 1 saturated carbocycles. The molecule has 3 heteroatoms. The Bertz CT molecular complexity index is 825. The van der Waals surface area contributed by atoms with Crippen LogP contribution in [0.2, 0.25) is 0 Å². The summed E-state index contributed by atoms with van der Waals surface area (Å²) in [4.78, 5) is 0. The van der Waals surface area contributed by atoms with Gasteiger partial charge in [0, 0.05) is 11.5 Å². The fraction of sp³-hybridized carbons (Fsp3) is 0.360. The first kappa shape index (κ1) is 20.3. The number of hydrogen-bond acceptors (Lipinski definition) is 0. The van der Waals surface area contributed by atoms with E-state index in [0.29, 0.717) is 12.8 Å². The fourth-order valence-electron chi connectivity index (χ4n) is 3.63. The first-order valence-corrected chi connectivity index (χ1v) is 9.84. The van der Waals surface area contributed by atoms with Crippen LogP contribution in [-0.4, -0.2) is 6.18 Å². The average molecular weight is 382 g/mol. The summed E-state index contributed by atoms with van der Waals surface area (Å²) in [6, 6.07) is 16.6. The highest BCUT2D eigenvalue weighted by atomic mass is 19.4. The molecule has 3 rings (SSSR count). The molecule has 0 radical (unpaired) electrons. The van der Waals surface area contributed by atoms with Crippen LogP contribution < -0.4 is 0 Å². The van der Waals surface area contributed by atoms with Gasteiger partial charge >= 0.3 is 6.18 Å². The second-order valence-electron chi connectivity index (χ2n) is 7.46. The van der Waals surface area contributed by atoms with Crippen molar-refractivity contribution in [1.82, 2.24) is 0 Å². The second-order valence-corrected chi connectivity index (χ2v) is 7.46. The van der Waals surface area contributed by atoms with E-state index in [0.717, 1.165) is 29.5 Å². The van der Waals surface area contributed by atoms with E-state index in [1.165, 1.54) is 5.56 Å². The van der Waals surface area contributed by atoms with E-state index in [9.17, 15) is 13.2 Å². The van der Waals surface area contributed by atoms with Crippen LogP contribution in [0, 0.1) is 23.7 Å². The molecular weight excluding hydrogens is 357 g/mol. The van der Waals surface area contributed by atoms with Crippen molar-refractivity contribution in [2.75, 3.05) is 0 Å². The van der Waals surface area contributed by atoms with Crippen LogP contribution >= 0.6 is 0 Å². The highest BCUT2D eigenvalue weighted by Gasteiger charge is 2.41. The zero-order valence-corrected chi connectivity index (χ0v) is 15.9. The molecule has 0 aliphatic heterocycles. The fourth-order valence-corrected chi connectivity index (χ4v) is 3.63. The Hall–Kier alpha value is -2.47. The molecule has 28 heavy (non-hydrogen) atoms. The van der Waals surface area contributed by atoms with Crippen molar-refractivity contribution in [1.29, 1.82) is 0 Å².